The second-order valence-electron chi connectivity index (χ2n) is 11.4. The minimum Gasteiger partial charge on any atom is -0.378 e. The van der Waals surface area contributed by atoms with E-state index in [4.69, 9.17) is 20.4 Å². The van der Waals surface area contributed by atoms with E-state index in [-0.39, 0.29) is 12.0 Å². The third kappa shape index (κ3) is 6.79. The standard InChI is InChI=1S/C30H41N11O2/c1-37-12-14-39(15-13-37)10-3-9-38(2)24-6-4-23(5-7-24)34-30(42)41-11-8-25-26(22-20-32-28(31)33-21-22)35-29(36-27(25)41)40-16-18-43-19-17-40/h4-7,20-21H,3,8-19H2,1-2H3,(H,34,42)(H2,31,32,33). The number of morpholine rings is 1. The molecule has 228 valence electrons. The Morgan fingerprint density at radius 2 is 1.72 bits per heavy atom. The number of amides is 2. The maximum absolute atomic E-state index is 13.5. The third-order valence-electron chi connectivity index (χ3n) is 8.42. The van der Waals surface area contributed by atoms with Crippen molar-refractivity contribution in [2.24, 2.45) is 0 Å². The number of hydrogen-bond donors (Lipinski definition) is 2. The number of nitrogens with one attached hydrogen (secondary N) is 1. The van der Waals surface area contributed by atoms with Crippen molar-refractivity contribution in [1.82, 2.24) is 29.7 Å². The largest absolute Gasteiger partial charge is 0.378 e. The number of aromatic nitrogens is 4. The number of anilines is 5. The number of fused-ring (bicyclic) bond motifs is 1. The van der Waals surface area contributed by atoms with E-state index in [1.807, 2.05) is 12.1 Å². The molecule has 5 heterocycles. The second kappa shape index (κ2) is 13.1. The van der Waals surface area contributed by atoms with Crippen molar-refractivity contribution in [3.63, 3.8) is 0 Å². The first-order valence-electron chi connectivity index (χ1n) is 15.1. The lowest BCUT2D eigenvalue weighted by Gasteiger charge is -2.32. The number of benzene rings is 1. The van der Waals surface area contributed by atoms with Gasteiger partial charge in [0.15, 0.2) is 0 Å². The number of rotatable bonds is 8. The molecule has 3 aliphatic heterocycles. The highest BCUT2D eigenvalue weighted by Crippen LogP contribution is 2.36. The molecular formula is C30H41N11O2. The fourth-order valence-electron chi connectivity index (χ4n) is 5.77. The molecule has 0 unspecified atom stereocenters. The molecule has 3 aliphatic rings. The van der Waals surface area contributed by atoms with Crippen molar-refractivity contribution >= 4 is 35.1 Å². The van der Waals surface area contributed by atoms with Gasteiger partial charge in [-0.2, -0.15) is 4.98 Å². The summed E-state index contributed by atoms with van der Waals surface area (Å²) >= 11 is 0. The van der Waals surface area contributed by atoms with Crippen LogP contribution in [0.15, 0.2) is 36.7 Å². The van der Waals surface area contributed by atoms with E-state index in [1.165, 1.54) is 0 Å². The monoisotopic (exact) mass is 587 g/mol. The predicted octanol–water partition coefficient (Wildman–Crippen LogP) is 2.02. The van der Waals surface area contributed by atoms with Gasteiger partial charge < -0.3 is 35.4 Å². The summed E-state index contributed by atoms with van der Waals surface area (Å²) in [7, 11) is 4.31. The van der Waals surface area contributed by atoms with Crippen LogP contribution in [0.3, 0.4) is 0 Å². The molecule has 3 aromatic rings. The highest BCUT2D eigenvalue weighted by atomic mass is 16.5. The highest BCUT2D eigenvalue weighted by molar-refractivity contribution is 6.03. The van der Waals surface area contributed by atoms with Crippen LogP contribution in [-0.2, 0) is 11.2 Å². The molecule has 2 fully saturated rings. The Kier molecular flexibility index (Phi) is 8.82. The van der Waals surface area contributed by atoms with Gasteiger partial charge in [0.1, 0.15) is 5.82 Å². The molecule has 0 radical (unpaired) electrons. The average molecular weight is 588 g/mol. The number of piperazine rings is 1. The van der Waals surface area contributed by atoms with E-state index in [0.29, 0.717) is 51.0 Å². The number of hydrogen-bond acceptors (Lipinski definition) is 11. The van der Waals surface area contributed by atoms with Crippen LogP contribution in [0.1, 0.15) is 12.0 Å². The first-order valence-corrected chi connectivity index (χ1v) is 15.1. The summed E-state index contributed by atoms with van der Waals surface area (Å²) < 4.78 is 5.53. The number of ether oxygens (including phenoxy) is 1. The lowest BCUT2D eigenvalue weighted by molar-refractivity contribution is 0.122. The SMILES string of the molecule is CN1CCN(CCCN(C)c2ccc(NC(=O)N3CCc4c(-c5cnc(N)nc5)nc(N5CCOCC5)nc43)cc2)CC1. The molecule has 43 heavy (non-hydrogen) atoms. The Morgan fingerprint density at radius 1 is 1.00 bits per heavy atom. The van der Waals surface area contributed by atoms with Gasteiger partial charge in [-0.05, 0) is 50.7 Å². The van der Waals surface area contributed by atoms with Gasteiger partial charge in [0.2, 0.25) is 11.9 Å². The van der Waals surface area contributed by atoms with E-state index in [2.05, 4.69) is 61.1 Å². The second-order valence-corrected chi connectivity index (χ2v) is 11.4. The maximum atomic E-state index is 13.5. The van der Waals surface area contributed by atoms with Crippen molar-refractivity contribution in [3.05, 3.63) is 42.2 Å². The molecule has 1 aromatic carbocycles. The molecule has 0 aliphatic carbocycles. The van der Waals surface area contributed by atoms with E-state index in [1.54, 1.807) is 17.3 Å². The van der Waals surface area contributed by atoms with Crippen LogP contribution in [0.5, 0.6) is 0 Å². The lowest BCUT2D eigenvalue weighted by Crippen LogP contribution is -2.45. The van der Waals surface area contributed by atoms with Crippen molar-refractivity contribution in [2.45, 2.75) is 12.8 Å². The van der Waals surface area contributed by atoms with Crippen LogP contribution in [0.25, 0.3) is 11.3 Å². The van der Waals surface area contributed by atoms with Gasteiger partial charge in [-0.25, -0.2) is 19.7 Å². The smallest absolute Gasteiger partial charge is 0.327 e. The number of nitrogen functional groups attached to an aromatic ring is 1. The Labute approximate surface area is 252 Å². The Balaban J connectivity index is 1.13. The molecule has 13 heteroatoms. The van der Waals surface area contributed by atoms with Crippen LogP contribution in [0.4, 0.5) is 33.9 Å². The van der Waals surface area contributed by atoms with Crippen LogP contribution in [-0.4, -0.2) is 122 Å². The normalized spacial score (nSPS) is 17.6. The van der Waals surface area contributed by atoms with Crippen LogP contribution >= 0.6 is 0 Å². The number of carbonyl (C=O) groups is 1. The maximum Gasteiger partial charge on any atom is 0.327 e. The molecule has 2 amide bonds. The molecule has 0 spiro atoms. The van der Waals surface area contributed by atoms with Gasteiger partial charge in [0.25, 0.3) is 0 Å². The predicted molar refractivity (Wildman–Crippen MR) is 169 cm³/mol. The number of likely N-dealkylation sites (N-methyl/N-ethyl adjacent to an activating group) is 1. The molecule has 3 N–H and O–H groups in total. The van der Waals surface area contributed by atoms with Crippen molar-refractivity contribution in [3.8, 4) is 11.3 Å². The van der Waals surface area contributed by atoms with Gasteiger partial charge in [0, 0.05) is 94.3 Å². The van der Waals surface area contributed by atoms with Gasteiger partial charge in [-0.15, -0.1) is 0 Å². The summed E-state index contributed by atoms with van der Waals surface area (Å²) in [5, 5.41) is 3.07. The van der Waals surface area contributed by atoms with Gasteiger partial charge in [-0.3, -0.25) is 4.90 Å². The minimum absolute atomic E-state index is 0.201. The summed E-state index contributed by atoms with van der Waals surface area (Å²) in [5.41, 5.74) is 9.96. The number of nitrogens with two attached hydrogens (primary N) is 1. The Bertz CT molecular complexity index is 1390. The average Bonchev–Trinajstić information content (AvgIpc) is 3.47. The number of nitrogens with zero attached hydrogens (tertiary/aromatic N) is 9. The van der Waals surface area contributed by atoms with Crippen LogP contribution in [0, 0.1) is 0 Å². The highest BCUT2D eigenvalue weighted by Gasteiger charge is 2.32. The molecule has 2 saturated heterocycles. The zero-order valence-electron chi connectivity index (χ0n) is 25.1. The van der Waals surface area contributed by atoms with Gasteiger partial charge >= 0.3 is 6.03 Å². The number of urea groups is 1. The summed E-state index contributed by atoms with van der Waals surface area (Å²) in [6.07, 6.45) is 5.08. The first-order chi connectivity index (χ1) is 20.9. The fourth-order valence-corrected chi connectivity index (χ4v) is 5.77. The van der Waals surface area contributed by atoms with Crippen LogP contribution in [0.2, 0.25) is 0 Å². The minimum atomic E-state index is -0.224. The zero-order chi connectivity index (χ0) is 29.8. The first kappa shape index (κ1) is 29.0. The van der Waals surface area contributed by atoms with Crippen molar-refractivity contribution < 1.29 is 9.53 Å². The summed E-state index contributed by atoms with van der Waals surface area (Å²) in [4.78, 5) is 42.6. The molecule has 6 rings (SSSR count). The van der Waals surface area contributed by atoms with E-state index < -0.39 is 0 Å². The Morgan fingerprint density at radius 3 is 2.44 bits per heavy atom. The zero-order valence-corrected chi connectivity index (χ0v) is 25.1. The van der Waals surface area contributed by atoms with Crippen LogP contribution < -0.4 is 25.8 Å². The van der Waals surface area contributed by atoms with E-state index in [0.717, 1.165) is 73.9 Å². The summed E-state index contributed by atoms with van der Waals surface area (Å²) in [5.74, 6) is 1.37. The molecule has 2 aromatic heterocycles. The molecule has 0 saturated carbocycles. The summed E-state index contributed by atoms with van der Waals surface area (Å²) in [6.45, 7) is 9.75. The van der Waals surface area contributed by atoms with Gasteiger partial charge in [0.05, 0.1) is 18.9 Å². The topological polar surface area (TPSA) is 132 Å². The molecule has 0 atom stereocenters. The fraction of sp³-hybridized carbons (Fsp3) is 0.500. The van der Waals surface area contributed by atoms with Gasteiger partial charge in [-0.1, -0.05) is 0 Å². The molecule has 13 nitrogen and oxygen atoms in total. The molecule has 0 bridgehead atoms. The number of carbonyl (C=O) groups excluding carboxylic acids is 1. The third-order valence-corrected chi connectivity index (χ3v) is 8.42. The van der Waals surface area contributed by atoms with Crippen molar-refractivity contribution in [2.75, 3.05) is 112 Å². The lowest BCUT2D eigenvalue weighted by atomic mass is 10.1. The molecular weight excluding hydrogens is 546 g/mol. The van der Waals surface area contributed by atoms with E-state index in [9.17, 15) is 4.79 Å². The quantitative estimate of drug-likeness (QED) is 0.401. The van der Waals surface area contributed by atoms with Crippen molar-refractivity contribution in [1.29, 1.82) is 0 Å². The summed E-state index contributed by atoms with van der Waals surface area (Å²) in [6, 6.07) is 7.80. The Hall–Kier alpha value is -4.07. The van der Waals surface area contributed by atoms with E-state index >= 15 is 0 Å².